The number of thiophene rings is 1. The fourth-order valence-electron chi connectivity index (χ4n) is 2.23. The van der Waals surface area contributed by atoms with E-state index in [0.29, 0.717) is 24.4 Å². The maximum atomic E-state index is 11.1. The van der Waals surface area contributed by atoms with Crippen LogP contribution in [-0.2, 0) is 4.79 Å². The van der Waals surface area contributed by atoms with Crippen molar-refractivity contribution < 1.29 is 4.79 Å². The Kier molecular flexibility index (Phi) is 4.18. The van der Waals surface area contributed by atoms with Gasteiger partial charge in [0.2, 0.25) is 5.91 Å². The fourth-order valence-corrected chi connectivity index (χ4v) is 3.21. The second-order valence-electron chi connectivity index (χ2n) is 4.95. The van der Waals surface area contributed by atoms with Crippen LogP contribution in [0.15, 0.2) is 17.5 Å². The van der Waals surface area contributed by atoms with Crippen LogP contribution in [0.3, 0.4) is 0 Å². The summed E-state index contributed by atoms with van der Waals surface area (Å²) in [4.78, 5) is 12.5. The van der Waals surface area contributed by atoms with Crippen molar-refractivity contribution in [2.45, 2.75) is 38.8 Å². The van der Waals surface area contributed by atoms with Gasteiger partial charge in [0, 0.05) is 29.9 Å². The highest BCUT2D eigenvalue weighted by Crippen LogP contribution is 2.25. The van der Waals surface area contributed by atoms with E-state index in [-0.39, 0.29) is 5.91 Å². The zero-order valence-corrected chi connectivity index (χ0v) is 11.2. The summed E-state index contributed by atoms with van der Waals surface area (Å²) < 4.78 is 0. The van der Waals surface area contributed by atoms with E-state index in [2.05, 4.69) is 42.0 Å². The van der Waals surface area contributed by atoms with E-state index < -0.39 is 0 Å². The summed E-state index contributed by atoms with van der Waals surface area (Å²) in [5, 5.41) is 8.69. The average molecular weight is 252 g/mol. The second kappa shape index (κ2) is 5.65. The van der Waals surface area contributed by atoms with Gasteiger partial charge in [-0.1, -0.05) is 19.9 Å². The lowest BCUT2D eigenvalue weighted by atomic mass is 10.0. The molecule has 3 nitrogen and oxygen atoms in total. The second-order valence-corrected chi connectivity index (χ2v) is 5.93. The summed E-state index contributed by atoms with van der Waals surface area (Å²) in [5.74, 6) is 0.750. The molecule has 1 aromatic rings. The maximum Gasteiger partial charge on any atom is 0.220 e. The molecular weight excluding hydrogens is 232 g/mol. The molecule has 0 bridgehead atoms. The monoisotopic (exact) mass is 252 g/mol. The molecule has 1 aromatic heterocycles. The van der Waals surface area contributed by atoms with Gasteiger partial charge in [0.05, 0.1) is 0 Å². The molecule has 1 fully saturated rings. The Morgan fingerprint density at radius 2 is 2.41 bits per heavy atom. The summed E-state index contributed by atoms with van der Waals surface area (Å²) >= 11 is 1.79. The first kappa shape index (κ1) is 12.6. The van der Waals surface area contributed by atoms with Gasteiger partial charge >= 0.3 is 0 Å². The first-order chi connectivity index (χ1) is 8.16. The van der Waals surface area contributed by atoms with Gasteiger partial charge in [-0.05, 0) is 23.8 Å². The molecule has 2 N–H and O–H groups in total. The zero-order chi connectivity index (χ0) is 12.3. The summed E-state index contributed by atoms with van der Waals surface area (Å²) in [7, 11) is 0. The van der Waals surface area contributed by atoms with Crippen LogP contribution in [0.4, 0.5) is 0 Å². The van der Waals surface area contributed by atoms with Crippen molar-refractivity contribution in [2.75, 3.05) is 6.54 Å². The van der Waals surface area contributed by atoms with Crippen LogP contribution in [0.1, 0.15) is 37.6 Å². The predicted molar refractivity (Wildman–Crippen MR) is 71.1 cm³/mol. The van der Waals surface area contributed by atoms with Gasteiger partial charge in [-0.25, -0.2) is 0 Å². The lowest BCUT2D eigenvalue weighted by molar-refractivity contribution is -0.119. The van der Waals surface area contributed by atoms with Crippen LogP contribution in [0.25, 0.3) is 0 Å². The molecule has 2 rings (SSSR count). The van der Waals surface area contributed by atoms with Crippen molar-refractivity contribution in [3.63, 3.8) is 0 Å². The number of rotatable bonds is 5. The lowest BCUT2D eigenvalue weighted by Gasteiger charge is -2.23. The molecule has 0 radical (unpaired) electrons. The van der Waals surface area contributed by atoms with Crippen molar-refractivity contribution in [1.82, 2.24) is 10.6 Å². The van der Waals surface area contributed by atoms with E-state index in [0.717, 1.165) is 13.0 Å². The Balaban J connectivity index is 1.88. The topological polar surface area (TPSA) is 41.1 Å². The van der Waals surface area contributed by atoms with Crippen LogP contribution >= 0.6 is 11.3 Å². The summed E-state index contributed by atoms with van der Waals surface area (Å²) in [5.41, 5.74) is 0. The Morgan fingerprint density at radius 1 is 1.59 bits per heavy atom. The minimum Gasteiger partial charge on any atom is -0.352 e. The lowest BCUT2D eigenvalue weighted by Crippen LogP contribution is -2.38. The number of hydrogen-bond acceptors (Lipinski definition) is 3. The highest BCUT2D eigenvalue weighted by molar-refractivity contribution is 7.10. The molecule has 1 aliphatic rings. The van der Waals surface area contributed by atoms with Crippen molar-refractivity contribution in [1.29, 1.82) is 0 Å². The molecule has 1 aliphatic heterocycles. The van der Waals surface area contributed by atoms with Gasteiger partial charge in [0.15, 0.2) is 0 Å². The SMILES string of the molecule is CC(C)C(NCC1CCC(=O)N1)c1cccs1. The minimum absolute atomic E-state index is 0.189. The third kappa shape index (κ3) is 3.30. The van der Waals surface area contributed by atoms with Gasteiger partial charge in [-0.3, -0.25) is 4.79 Å². The van der Waals surface area contributed by atoms with Crippen LogP contribution in [0.2, 0.25) is 0 Å². The Labute approximate surface area is 107 Å². The Bertz CT molecular complexity index is 362. The molecule has 4 heteroatoms. The number of hydrogen-bond donors (Lipinski definition) is 2. The molecule has 0 aromatic carbocycles. The smallest absolute Gasteiger partial charge is 0.220 e. The van der Waals surface area contributed by atoms with E-state index in [4.69, 9.17) is 0 Å². The van der Waals surface area contributed by atoms with Gasteiger partial charge < -0.3 is 10.6 Å². The van der Waals surface area contributed by atoms with E-state index in [1.807, 2.05) is 0 Å². The molecule has 1 saturated heterocycles. The number of carbonyl (C=O) groups excluding carboxylic acids is 1. The zero-order valence-electron chi connectivity index (χ0n) is 10.4. The quantitative estimate of drug-likeness (QED) is 0.844. The van der Waals surface area contributed by atoms with Gasteiger partial charge in [-0.2, -0.15) is 0 Å². The summed E-state index contributed by atoms with van der Waals surface area (Å²) in [6.45, 7) is 5.32. The molecule has 2 heterocycles. The van der Waals surface area contributed by atoms with Gasteiger partial charge in [-0.15, -0.1) is 11.3 Å². The van der Waals surface area contributed by atoms with E-state index in [1.165, 1.54) is 4.88 Å². The normalized spacial score (nSPS) is 21.8. The third-order valence-corrected chi connectivity index (χ3v) is 4.14. The molecule has 1 amide bonds. The average Bonchev–Trinajstić information content (AvgIpc) is 2.90. The molecule has 0 spiro atoms. The van der Waals surface area contributed by atoms with Crippen molar-refractivity contribution >= 4 is 17.2 Å². The highest BCUT2D eigenvalue weighted by atomic mass is 32.1. The summed E-state index contributed by atoms with van der Waals surface area (Å²) in [6, 6.07) is 4.97. The van der Waals surface area contributed by atoms with Crippen molar-refractivity contribution in [3.8, 4) is 0 Å². The Hall–Kier alpha value is -0.870. The van der Waals surface area contributed by atoms with Crippen LogP contribution in [-0.4, -0.2) is 18.5 Å². The first-order valence-corrected chi connectivity index (χ1v) is 7.11. The first-order valence-electron chi connectivity index (χ1n) is 6.23. The molecule has 0 saturated carbocycles. The van der Waals surface area contributed by atoms with E-state index in [1.54, 1.807) is 11.3 Å². The minimum atomic E-state index is 0.189. The molecule has 17 heavy (non-hydrogen) atoms. The van der Waals surface area contributed by atoms with Crippen LogP contribution in [0.5, 0.6) is 0 Å². The third-order valence-electron chi connectivity index (χ3n) is 3.19. The predicted octanol–water partition coefficient (Wildman–Crippen LogP) is 2.31. The Morgan fingerprint density at radius 3 is 2.94 bits per heavy atom. The van der Waals surface area contributed by atoms with Crippen LogP contribution in [0, 0.1) is 5.92 Å². The number of amides is 1. The maximum absolute atomic E-state index is 11.1. The standard InChI is InChI=1S/C13H20N2OS/c1-9(2)13(11-4-3-7-17-11)14-8-10-5-6-12(16)15-10/h3-4,7,9-10,13-14H,5-6,8H2,1-2H3,(H,15,16). The number of carbonyl (C=O) groups is 1. The van der Waals surface area contributed by atoms with E-state index in [9.17, 15) is 4.79 Å². The largest absolute Gasteiger partial charge is 0.352 e. The molecule has 2 unspecified atom stereocenters. The fraction of sp³-hybridized carbons (Fsp3) is 0.615. The van der Waals surface area contributed by atoms with E-state index >= 15 is 0 Å². The van der Waals surface area contributed by atoms with Gasteiger partial charge in [0.1, 0.15) is 0 Å². The van der Waals surface area contributed by atoms with Crippen LogP contribution < -0.4 is 10.6 Å². The van der Waals surface area contributed by atoms with Gasteiger partial charge in [0.25, 0.3) is 0 Å². The number of nitrogens with one attached hydrogen (secondary N) is 2. The molecular formula is C13H20N2OS. The summed E-state index contributed by atoms with van der Waals surface area (Å²) in [6.07, 6.45) is 1.64. The molecule has 2 atom stereocenters. The molecule has 94 valence electrons. The molecule has 0 aliphatic carbocycles. The highest BCUT2D eigenvalue weighted by Gasteiger charge is 2.23. The van der Waals surface area contributed by atoms with Crippen molar-refractivity contribution in [3.05, 3.63) is 22.4 Å². The van der Waals surface area contributed by atoms with Crippen molar-refractivity contribution in [2.24, 2.45) is 5.92 Å².